The van der Waals surface area contributed by atoms with Gasteiger partial charge >= 0.3 is 0 Å². The van der Waals surface area contributed by atoms with Crippen LogP contribution in [0, 0.1) is 5.41 Å². The highest BCUT2D eigenvalue weighted by atomic mass is 15.1. The first kappa shape index (κ1) is 11.0. The molecule has 1 N–H and O–H groups in total. The lowest BCUT2D eigenvalue weighted by atomic mass is 9.96. The molecule has 0 aliphatic carbocycles. The van der Waals surface area contributed by atoms with Crippen LogP contribution >= 0.6 is 0 Å². The maximum atomic E-state index is 3.53. The molecule has 0 radical (unpaired) electrons. The molecule has 1 fully saturated rings. The molecule has 0 amide bonds. The summed E-state index contributed by atoms with van der Waals surface area (Å²) >= 11 is 0. The lowest BCUT2D eigenvalue weighted by Crippen LogP contribution is -2.39. The Bertz CT molecular complexity index is 143. The van der Waals surface area contributed by atoms with Gasteiger partial charge in [-0.1, -0.05) is 20.8 Å². The summed E-state index contributed by atoms with van der Waals surface area (Å²) < 4.78 is 0. The van der Waals surface area contributed by atoms with E-state index in [-0.39, 0.29) is 0 Å². The first-order valence-electron chi connectivity index (χ1n) is 5.39. The van der Waals surface area contributed by atoms with Gasteiger partial charge in [0.2, 0.25) is 0 Å². The summed E-state index contributed by atoms with van der Waals surface area (Å²) in [5, 5.41) is 3.53. The van der Waals surface area contributed by atoms with Crippen molar-refractivity contribution in [3.8, 4) is 0 Å². The van der Waals surface area contributed by atoms with Crippen LogP contribution in [0.15, 0.2) is 0 Å². The van der Waals surface area contributed by atoms with E-state index in [0.717, 1.165) is 6.04 Å². The average molecular weight is 184 g/mol. The molecule has 0 spiro atoms. The Morgan fingerprint density at radius 1 is 1.38 bits per heavy atom. The van der Waals surface area contributed by atoms with E-state index >= 15 is 0 Å². The maximum absolute atomic E-state index is 3.53. The zero-order valence-corrected chi connectivity index (χ0v) is 9.56. The highest BCUT2D eigenvalue weighted by molar-refractivity contribution is 4.78. The normalized spacial score (nSPS) is 24.2. The third-order valence-corrected chi connectivity index (χ3v) is 2.44. The van der Waals surface area contributed by atoms with E-state index in [9.17, 15) is 0 Å². The van der Waals surface area contributed by atoms with Crippen molar-refractivity contribution in [2.45, 2.75) is 39.7 Å². The standard InChI is InChI=1S/C11H24N2/c1-11(2,3)9-13(4)8-10-6-5-7-12-10/h10,12H,5-9H2,1-4H3/t10-/m1/s1. The molecule has 1 aliphatic rings. The van der Waals surface area contributed by atoms with Gasteiger partial charge in [-0.25, -0.2) is 0 Å². The van der Waals surface area contributed by atoms with Crippen LogP contribution in [0.1, 0.15) is 33.6 Å². The molecule has 1 saturated heterocycles. The van der Waals surface area contributed by atoms with Gasteiger partial charge in [-0.15, -0.1) is 0 Å². The third-order valence-electron chi connectivity index (χ3n) is 2.44. The Hall–Kier alpha value is -0.0800. The van der Waals surface area contributed by atoms with Crippen LogP contribution in [0.4, 0.5) is 0 Å². The Balaban J connectivity index is 2.20. The molecule has 0 aromatic carbocycles. The largest absolute Gasteiger partial charge is 0.313 e. The molecule has 1 atom stereocenters. The second kappa shape index (κ2) is 4.43. The minimum Gasteiger partial charge on any atom is -0.313 e. The fourth-order valence-corrected chi connectivity index (χ4v) is 2.16. The van der Waals surface area contributed by atoms with Gasteiger partial charge in [-0.05, 0) is 31.8 Å². The van der Waals surface area contributed by atoms with Crippen molar-refractivity contribution in [1.82, 2.24) is 10.2 Å². The van der Waals surface area contributed by atoms with Crippen molar-refractivity contribution >= 4 is 0 Å². The number of nitrogens with zero attached hydrogens (tertiary/aromatic N) is 1. The summed E-state index contributed by atoms with van der Waals surface area (Å²) in [6.07, 6.45) is 2.71. The van der Waals surface area contributed by atoms with Crippen molar-refractivity contribution < 1.29 is 0 Å². The van der Waals surface area contributed by atoms with Gasteiger partial charge in [-0.3, -0.25) is 0 Å². The molecule has 2 heteroatoms. The summed E-state index contributed by atoms with van der Waals surface area (Å²) in [5.41, 5.74) is 0.424. The van der Waals surface area contributed by atoms with Crippen LogP contribution in [-0.4, -0.2) is 37.6 Å². The van der Waals surface area contributed by atoms with Gasteiger partial charge in [-0.2, -0.15) is 0 Å². The second-order valence-electron chi connectivity index (χ2n) is 5.55. The number of hydrogen-bond acceptors (Lipinski definition) is 2. The topological polar surface area (TPSA) is 15.3 Å². The Labute approximate surface area is 82.7 Å². The predicted molar refractivity (Wildman–Crippen MR) is 58.0 cm³/mol. The SMILES string of the molecule is CN(C[C@H]1CCCN1)CC(C)(C)C. The van der Waals surface area contributed by atoms with Gasteiger partial charge < -0.3 is 10.2 Å². The Morgan fingerprint density at radius 3 is 2.54 bits per heavy atom. The van der Waals surface area contributed by atoms with E-state index in [2.05, 4.69) is 38.0 Å². The fraction of sp³-hybridized carbons (Fsp3) is 1.00. The molecular formula is C11H24N2. The summed E-state index contributed by atoms with van der Waals surface area (Å²) in [6.45, 7) is 10.5. The van der Waals surface area contributed by atoms with E-state index in [4.69, 9.17) is 0 Å². The van der Waals surface area contributed by atoms with E-state index in [0.29, 0.717) is 5.41 Å². The van der Waals surface area contributed by atoms with Crippen LogP contribution in [0.3, 0.4) is 0 Å². The van der Waals surface area contributed by atoms with E-state index in [1.807, 2.05) is 0 Å². The van der Waals surface area contributed by atoms with E-state index in [1.165, 1.54) is 32.5 Å². The number of rotatable bonds is 3. The van der Waals surface area contributed by atoms with Crippen molar-refractivity contribution in [1.29, 1.82) is 0 Å². The van der Waals surface area contributed by atoms with Crippen LogP contribution in [0.2, 0.25) is 0 Å². The molecule has 0 saturated carbocycles. The lowest BCUT2D eigenvalue weighted by Gasteiger charge is -2.28. The van der Waals surface area contributed by atoms with Gasteiger partial charge in [0.1, 0.15) is 0 Å². The van der Waals surface area contributed by atoms with Crippen LogP contribution in [0.25, 0.3) is 0 Å². The number of hydrogen-bond donors (Lipinski definition) is 1. The number of nitrogens with one attached hydrogen (secondary N) is 1. The molecule has 78 valence electrons. The molecule has 2 nitrogen and oxygen atoms in total. The van der Waals surface area contributed by atoms with Crippen LogP contribution < -0.4 is 5.32 Å². The first-order chi connectivity index (χ1) is 5.97. The molecular weight excluding hydrogens is 160 g/mol. The van der Waals surface area contributed by atoms with E-state index < -0.39 is 0 Å². The summed E-state index contributed by atoms with van der Waals surface area (Å²) in [4.78, 5) is 2.45. The first-order valence-corrected chi connectivity index (χ1v) is 5.39. The molecule has 0 bridgehead atoms. The van der Waals surface area contributed by atoms with E-state index in [1.54, 1.807) is 0 Å². The predicted octanol–water partition coefficient (Wildman–Crippen LogP) is 1.72. The summed E-state index contributed by atoms with van der Waals surface area (Å²) in [7, 11) is 2.23. The van der Waals surface area contributed by atoms with Crippen molar-refractivity contribution in [3.05, 3.63) is 0 Å². The van der Waals surface area contributed by atoms with Crippen molar-refractivity contribution in [2.24, 2.45) is 5.41 Å². The monoisotopic (exact) mass is 184 g/mol. The molecule has 1 heterocycles. The van der Waals surface area contributed by atoms with Crippen molar-refractivity contribution in [2.75, 3.05) is 26.7 Å². The Kier molecular flexibility index (Phi) is 3.74. The number of likely N-dealkylation sites (N-methyl/N-ethyl adjacent to an activating group) is 1. The van der Waals surface area contributed by atoms with Gasteiger partial charge in [0.25, 0.3) is 0 Å². The summed E-state index contributed by atoms with van der Waals surface area (Å²) in [5.74, 6) is 0. The smallest absolute Gasteiger partial charge is 0.0195 e. The molecule has 0 aromatic heterocycles. The molecule has 0 unspecified atom stereocenters. The third kappa shape index (κ3) is 4.63. The maximum Gasteiger partial charge on any atom is 0.0195 e. The highest BCUT2D eigenvalue weighted by Gasteiger charge is 2.19. The minimum absolute atomic E-state index is 0.424. The second-order valence-corrected chi connectivity index (χ2v) is 5.55. The molecule has 0 aromatic rings. The van der Waals surface area contributed by atoms with Crippen LogP contribution in [0.5, 0.6) is 0 Å². The Morgan fingerprint density at radius 2 is 2.08 bits per heavy atom. The molecule has 13 heavy (non-hydrogen) atoms. The zero-order valence-electron chi connectivity index (χ0n) is 9.56. The lowest BCUT2D eigenvalue weighted by molar-refractivity contribution is 0.212. The fourth-order valence-electron chi connectivity index (χ4n) is 2.16. The average Bonchev–Trinajstić information content (AvgIpc) is 2.34. The van der Waals surface area contributed by atoms with Gasteiger partial charge in [0, 0.05) is 19.1 Å². The zero-order chi connectivity index (χ0) is 9.90. The van der Waals surface area contributed by atoms with Gasteiger partial charge in [0.05, 0.1) is 0 Å². The minimum atomic E-state index is 0.424. The van der Waals surface area contributed by atoms with Crippen LogP contribution in [-0.2, 0) is 0 Å². The van der Waals surface area contributed by atoms with Gasteiger partial charge in [0.15, 0.2) is 0 Å². The van der Waals surface area contributed by atoms with Crippen molar-refractivity contribution in [3.63, 3.8) is 0 Å². The molecule has 1 aliphatic heterocycles. The molecule has 1 rings (SSSR count). The highest BCUT2D eigenvalue weighted by Crippen LogP contribution is 2.15. The quantitative estimate of drug-likeness (QED) is 0.718. The summed E-state index contributed by atoms with van der Waals surface area (Å²) in [6, 6.07) is 0.743.